The topological polar surface area (TPSA) is 84.3 Å². The Kier molecular flexibility index (Phi) is 6.46. The number of anilines is 1. The molecule has 0 atom stereocenters. The van der Waals surface area contributed by atoms with Crippen molar-refractivity contribution >= 4 is 28.6 Å². The Balaban J connectivity index is 1.77. The molecule has 0 fully saturated rings. The lowest BCUT2D eigenvalue weighted by atomic mass is 10.1. The second kappa shape index (κ2) is 9.20. The quantitative estimate of drug-likeness (QED) is 0.655. The lowest BCUT2D eigenvalue weighted by molar-refractivity contribution is -0.117. The molecule has 1 N–H and O–H groups in total. The van der Waals surface area contributed by atoms with Gasteiger partial charge in [-0.2, -0.15) is 5.10 Å². The number of carbonyl (C=O) groups excluding carboxylic acids is 2. The highest BCUT2D eigenvalue weighted by atomic mass is 32.2. The van der Waals surface area contributed by atoms with Gasteiger partial charge < -0.3 is 10.2 Å². The van der Waals surface area contributed by atoms with Gasteiger partial charge in [-0.25, -0.2) is 4.68 Å². The van der Waals surface area contributed by atoms with Crippen LogP contribution in [0.2, 0.25) is 0 Å². The molecule has 0 bridgehead atoms. The predicted octanol–water partition coefficient (Wildman–Crippen LogP) is 3.32. The van der Waals surface area contributed by atoms with Crippen LogP contribution in [0.4, 0.5) is 10.5 Å². The SMILES string of the molecule is CN(C)C(=O)Sc1ccccc1NC(=O)Cn1nc(-c2ccccc2)ccc1=O. The standard InChI is InChI=1S/C21H20N4O3S/c1-24(2)21(28)29-18-11-7-6-10-17(18)22-19(26)14-25-20(27)13-12-16(23-25)15-8-4-3-5-9-15/h3-13H,14H2,1-2H3,(H,22,26). The molecule has 2 amide bonds. The molecule has 3 aromatic rings. The van der Waals surface area contributed by atoms with Gasteiger partial charge in [-0.3, -0.25) is 14.4 Å². The van der Waals surface area contributed by atoms with Crippen molar-refractivity contribution in [3.8, 4) is 11.3 Å². The third-order valence-corrected chi connectivity index (χ3v) is 5.07. The van der Waals surface area contributed by atoms with Gasteiger partial charge in [-0.1, -0.05) is 42.5 Å². The highest BCUT2D eigenvalue weighted by molar-refractivity contribution is 8.13. The van der Waals surface area contributed by atoms with E-state index in [4.69, 9.17) is 0 Å². The molecule has 1 heterocycles. The lowest BCUT2D eigenvalue weighted by Crippen LogP contribution is -2.29. The van der Waals surface area contributed by atoms with Gasteiger partial charge in [0, 0.05) is 30.6 Å². The average Bonchev–Trinajstić information content (AvgIpc) is 2.71. The van der Waals surface area contributed by atoms with Crippen LogP contribution in [0.15, 0.2) is 76.4 Å². The first kappa shape index (κ1) is 20.3. The summed E-state index contributed by atoms with van der Waals surface area (Å²) >= 11 is 1.02. The Morgan fingerprint density at radius 2 is 1.69 bits per heavy atom. The molecule has 0 saturated carbocycles. The summed E-state index contributed by atoms with van der Waals surface area (Å²) < 4.78 is 1.12. The molecule has 3 rings (SSSR count). The van der Waals surface area contributed by atoms with Gasteiger partial charge in [0.25, 0.3) is 10.8 Å². The zero-order valence-corrected chi connectivity index (χ0v) is 16.8. The van der Waals surface area contributed by atoms with Crippen molar-refractivity contribution in [2.75, 3.05) is 19.4 Å². The number of carbonyl (C=O) groups is 2. The summed E-state index contributed by atoms with van der Waals surface area (Å²) in [5.74, 6) is -0.407. The molecule has 0 radical (unpaired) electrons. The number of thioether (sulfide) groups is 1. The van der Waals surface area contributed by atoms with Gasteiger partial charge in [0.2, 0.25) is 5.91 Å². The highest BCUT2D eigenvalue weighted by Gasteiger charge is 2.13. The van der Waals surface area contributed by atoms with Crippen molar-refractivity contribution in [3.63, 3.8) is 0 Å². The Morgan fingerprint density at radius 1 is 1.00 bits per heavy atom. The Hall–Kier alpha value is -3.39. The number of hydrogen-bond acceptors (Lipinski definition) is 5. The van der Waals surface area contributed by atoms with Gasteiger partial charge in [0.15, 0.2) is 0 Å². The summed E-state index contributed by atoms with van der Waals surface area (Å²) in [6, 6.07) is 19.4. The zero-order valence-electron chi connectivity index (χ0n) is 16.0. The van der Waals surface area contributed by atoms with Gasteiger partial charge in [0.05, 0.1) is 11.4 Å². The average molecular weight is 408 g/mol. The maximum absolute atomic E-state index is 12.5. The van der Waals surface area contributed by atoms with E-state index < -0.39 is 5.91 Å². The van der Waals surface area contributed by atoms with Crippen LogP contribution in [0.1, 0.15) is 0 Å². The van der Waals surface area contributed by atoms with E-state index in [-0.39, 0.29) is 17.3 Å². The maximum Gasteiger partial charge on any atom is 0.286 e. The third kappa shape index (κ3) is 5.32. The fraction of sp³-hybridized carbons (Fsp3) is 0.143. The third-order valence-electron chi connectivity index (χ3n) is 3.95. The minimum Gasteiger partial charge on any atom is -0.339 e. The molecule has 1 aromatic heterocycles. The predicted molar refractivity (Wildman–Crippen MR) is 114 cm³/mol. The van der Waals surface area contributed by atoms with E-state index in [9.17, 15) is 14.4 Å². The van der Waals surface area contributed by atoms with Crippen LogP contribution in [0, 0.1) is 0 Å². The van der Waals surface area contributed by atoms with E-state index in [2.05, 4.69) is 10.4 Å². The van der Waals surface area contributed by atoms with E-state index in [1.165, 1.54) is 11.0 Å². The van der Waals surface area contributed by atoms with Crippen LogP contribution in [0.5, 0.6) is 0 Å². The second-order valence-electron chi connectivity index (χ2n) is 6.39. The van der Waals surface area contributed by atoms with Crippen LogP contribution < -0.4 is 10.9 Å². The summed E-state index contributed by atoms with van der Waals surface area (Å²) in [6.45, 7) is -0.236. The van der Waals surface area contributed by atoms with Crippen LogP contribution in [-0.2, 0) is 11.3 Å². The summed E-state index contributed by atoms with van der Waals surface area (Å²) in [5, 5.41) is 6.90. The first-order chi connectivity index (χ1) is 13.9. The molecule has 0 saturated heterocycles. The van der Waals surface area contributed by atoms with Crippen LogP contribution in [-0.4, -0.2) is 39.9 Å². The first-order valence-corrected chi connectivity index (χ1v) is 9.67. The molecule has 0 aliphatic rings. The zero-order chi connectivity index (χ0) is 20.8. The molecule has 0 spiro atoms. The fourth-order valence-corrected chi connectivity index (χ4v) is 3.24. The summed E-state index contributed by atoms with van der Waals surface area (Å²) in [7, 11) is 3.32. The Bertz CT molecular complexity index is 1080. The molecule has 148 valence electrons. The minimum absolute atomic E-state index is 0.153. The van der Waals surface area contributed by atoms with Gasteiger partial charge in [-0.05, 0) is 30.0 Å². The van der Waals surface area contributed by atoms with Crippen molar-refractivity contribution < 1.29 is 9.59 Å². The van der Waals surface area contributed by atoms with E-state index >= 15 is 0 Å². The number of para-hydroxylation sites is 1. The fourth-order valence-electron chi connectivity index (χ4n) is 2.50. The van der Waals surface area contributed by atoms with Crippen molar-refractivity contribution in [3.05, 3.63) is 77.1 Å². The van der Waals surface area contributed by atoms with Crippen LogP contribution in [0.3, 0.4) is 0 Å². The highest BCUT2D eigenvalue weighted by Crippen LogP contribution is 2.28. The van der Waals surface area contributed by atoms with Crippen molar-refractivity contribution in [2.24, 2.45) is 0 Å². The molecule has 2 aromatic carbocycles. The molecular formula is C21H20N4O3S. The number of amides is 2. The number of benzene rings is 2. The monoisotopic (exact) mass is 408 g/mol. The van der Waals surface area contributed by atoms with Gasteiger partial charge in [0.1, 0.15) is 6.54 Å². The number of rotatable bonds is 5. The van der Waals surface area contributed by atoms with Crippen molar-refractivity contribution in [2.45, 2.75) is 11.4 Å². The molecule has 8 heteroatoms. The Labute approximate surface area is 172 Å². The van der Waals surface area contributed by atoms with Crippen molar-refractivity contribution in [1.29, 1.82) is 0 Å². The normalized spacial score (nSPS) is 10.4. The summed E-state index contributed by atoms with van der Waals surface area (Å²) in [4.78, 5) is 38.7. The smallest absolute Gasteiger partial charge is 0.286 e. The van der Waals surface area contributed by atoms with Crippen molar-refractivity contribution in [1.82, 2.24) is 14.7 Å². The van der Waals surface area contributed by atoms with Crippen LogP contribution >= 0.6 is 11.8 Å². The van der Waals surface area contributed by atoms with E-state index in [1.54, 1.807) is 44.4 Å². The molecule has 0 unspecified atom stereocenters. The maximum atomic E-state index is 12.5. The van der Waals surface area contributed by atoms with E-state index in [1.807, 2.05) is 30.3 Å². The summed E-state index contributed by atoms with van der Waals surface area (Å²) in [5.41, 5.74) is 1.59. The molecular weight excluding hydrogens is 388 g/mol. The second-order valence-corrected chi connectivity index (χ2v) is 7.38. The van der Waals surface area contributed by atoms with Crippen LogP contribution in [0.25, 0.3) is 11.3 Å². The van der Waals surface area contributed by atoms with Gasteiger partial charge >= 0.3 is 0 Å². The molecule has 0 aliphatic heterocycles. The molecule has 7 nitrogen and oxygen atoms in total. The van der Waals surface area contributed by atoms with E-state index in [0.717, 1.165) is 22.0 Å². The summed E-state index contributed by atoms with van der Waals surface area (Å²) in [6.07, 6.45) is 0. The number of nitrogens with zero attached hydrogens (tertiary/aromatic N) is 3. The molecule has 29 heavy (non-hydrogen) atoms. The first-order valence-electron chi connectivity index (χ1n) is 8.85. The Morgan fingerprint density at radius 3 is 2.41 bits per heavy atom. The lowest BCUT2D eigenvalue weighted by Gasteiger charge is -2.13. The number of nitrogens with one attached hydrogen (secondary N) is 1. The minimum atomic E-state index is -0.407. The number of aromatic nitrogens is 2. The van der Waals surface area contributed by atoms with Gasteiger partial charge in [-0.15, -0.1) is 0 Å². The largest absolute Gasteiger partial charge is 0.339 e. The van der Waals surface area contributed by atoms with E-state index in [0.29, 0.717) is 16.3 Å². The number of hydrogen-bond donors (Lipinski definition) is 1. The molecule has 0 aliphatic carbocycles.